The number of nitrogens with zero attached hydrogens (tertiary/aromatic N) is 1. The molecular formula is C32H46Cl2N2O4. The molecule has 2 aliphatic carbocycles. The van der Waals surface area contributed by atoms with Crippen LogP contribution in [0.2, 0.25) is 5.02 Å². The molecule has 222 valence electrons. The van der Waals surface area contributed by atoms with Crippen LogP contribution in [-0.4, -0.2) is 50.6 Å². The number of primary amides is 1. The summed E-state index contributed by atoms with van der Waals surface area (Å²) in [5, 5.41) is 0.630. The third-order valence-electron chi connectivity index (χ3n) is 8.58. The number of carbonyl (C=O) groups is 2. The molecule has 2 aromatic rings. The first kappa shape index (κ1) is 33.9. The summed E-state index contributed by atoms with van der Waals surface area (Å²) in [7, 11) is 3.83. The van der Waals surface area contributed by atoms with Crippen LogP contribution < -0.4 is 10.5 Å². The minimum Gasteiger partial charge on any atom is -0.482 e. The van der Waals surface area contributed by atoms with E-state index in [4.69, 9.17) is 26.8 Å². The van der Waals surface area contributed by atoms with Crippen molar-refractivity contribution >= 4 is 35.9 Å². The maximum absolute atomic E-state index is 12.2. The van der Waals surface area contributed by atoms with Gasteiger partial charge >= 0.3 is 5.97 Å². The molecule has 2 N–H and O–H groups in total. The monoisotopic (exact) mass is 592 g/mol. The van der Waals surface area contributed by atoms with Crippen molar-refractivity contribution in [1.82, 2.24) is 4.90 Å². The maximum Gasteiger partial charge on any atom is 0.344 e. The van der Waals surface area contributed by atoms with Crippen molar-refractivity contribution < 1.29 is 19.1 Å². The van der Waals surface area contributed by atoms with Gasteiger partial charge in [0.05, 0.1) is 0 Å². The molecule has 0 heterocycles. The molecule has 40 heavy (non-hydrogen) atoms. The number of aryl methyl sites for hydroxylation is 1. The molecule has 0 spiro atoms. The first-order valence-corrected chi connectivity index (χ1v) is 14.4. The number of rotatable bonds is 8. The Balaban J connectivity index is 0.000000283. The lowest BCUT2D eigenvalue weighted by molar-refractivity contribution is -0.146. The zero-order chi connectivity index (χ0) is 28.8. The largest absolute Gasteiger partial charge is 0.482 e. The van der Waals surface area contributed by atoms with Crippen molar-refractivity contribution in [1.29, 1.82) is 0 Å². The zero-order valence-electron chi connectivity index (χ0n) is 24.8. The van der Waals surface area contributed by atoms with Gasteiger partial charge in [-0.3, -0.25) is 4.79 Å². The number of ether oxygens (including phenoxy) is 2. The van der Waals surface area contributed by atoms with Gasteiger partial charge < -0.3 is 20.1 Å². The second kappa shape index (κ2) is 14.6. The lowest BCUT2D eigenvalue weighted by atomic mass is 9.49. The van der Waals surface area contributed by atoms with Gasteiger partial charge in [0.1, 0.15) is 12.4 Å². The smallest absolute Gasteiger partial charge is 0.344 e. The molecule has 4 rings (SSSR count). The van der Waals surface area contributed by atoms with Gasteiger partial charge in [0, 0.05) is 17.0 Å². The van der Waals surface area contributed by atoms with Gasteiger partial charge in [0.25, 0.3) is 0 Å². The number of hydrogen-bond donors (Lipinski definition) is 1. The number of carbonyl (C=O) groups excluding carboxylic acids is 2. The quantitative estimate of drug-likeness (QED) is 0.351. The number of hydrogen-bond acceptors (Lipinski definition) is 5. The minimum atomic E-state index is -0.373. The standard InChI is InChI=1S/C20H29NO.C12H16ClNO3.ClH/c1-13(2)14-6-8-16-15(12-14)7-9-17-19(16,3)10-5-11-20(17,4)18(21)22;1-14(2)7-8-16-12(15)9-17-11-5-3-10(13)4-6-11;/h6,8,12-13,17H,5,7,9-11H2,1-4H3,(H2,21,22);3-6H,7-9H2,1-2H3;1H. The van der Waals surface area contributed by atoms with Crippen LogP contribution >= 0.6 is 24.0 Å². The molecule has 0 saturated heterocycles. The van der Waals surface area contributed by atoms with E-state index < -0.39 is 0 Å². The first-order chi connectivity index (χ1) is 18.4. The molecule has 8 heteroatoms. The van der Waals surface area contributed by atoms with Crippen molar-refractivity contribution in [2.45, 2.75) is 71.1 Å². The molecule has 1 amide bonds. The summed E-state index contributed by atoms with van der Waals surface area (Å²) in [5.74, 6) is 1.06. The lowest BCUT2D eigenvalue weighted by Gasteiger charge is -2.54. The summed E-state index contributed by atoms with van der Waals surface area (Å²) in [4.78, 5) is 25.4. The minimum absolute atomic E-state index is 0. The Bertz CT molecular complexity index is 1140. The Kier molecular flexibility index (Phi) is 12.4. The molecule has 2 aromatic carbocycles. The van der Waals surface area contributed by atoms with Crippen molar-refractivity contribution in [2.75, 3.05) is 33.9 Å². The van der Waals surface area contributed by atoms with Gasteiger partial charge in [-0.05, 0) is 98.0 Å². The SMILES string of the molecule is CC(C)c1ccc2c(c1)CCC1C(C)(C(N)=O)CCCC21C.CN(C)CCOC(=O)COc1ccc(Cl)cc1.Cl. The highest BCUT2D eigenvalue weighted by molar-refractivity contribution is 6.30. The fourth-order valence-corrected chi connectivity index (χ4v) is 6.35. The normalized spacial score (nSPS) is 23.2. The van der Waals surface area contributed by atoms with Gasteiger partial charge in [0.2, 0.25) is 5.91 Å². The summed E-state index contributed by atoms with van der Waals surface area (Å²) < 4.78 is 10.2. The molecule has 0 aromatic heterocycles. The molecule has 0 bridgehead atoms. The Morgan fingerprint density at radius 3 is 2.38 bits per heavy atom. The average molecular weight is 594 g/mol. The van der Waals surface area contributed by atoms with Crippen molar-refractivity contribution in [3.05, 3.63) is 64.2 Å². The summed E-state index contributed by atoms with van der Waals surface area (Å²) in [6.45, 7) is 9.95. The van der Waals surface area contributed by atoms with E-state index in [-0.39, 0.29) is 41.7 Å². The van der Waals surface area contributed by atoms with E-state index >= 15 is 0 Å². The highest BCUT2D eigenvalue weighted by Crippen LogP contribution is 2.57. The van der Waals surface area contributed by atoms with Gasteiger partial charge in [-0.1, -0.05) is 63.9 Å². The molecular weight excluding hydrogens is 547 g/mol. The number of halogens is 2. The first-order valence-electron chi connectivity index (χ1n) is 14.0. The molecule has 3 unspecified atom stereocenters. The molecule has 0 aliphatic heterocycles. The summed E-state index contributed by atoms with van der Waals surface area (Å²) >= 11 is 5.72. The third-order valence-corrected chi connectivity index (χ3v) is 8.83. The highest BCUT2D eigenvalue weighted by atomic mass is 35.5. The van der Waals surface area contributed by atoms with Gasteiger partial charge in [-0.15, -0.1) is 12.4 Å². The summed E-state index contributed by atoms with van der Waals surface area (Å²) in [6.07, 6.45) is 5.39. The van der Waals surface area contributed by atoms with Crippen LogP contribution in [0.1, 0.15) is 76.0 Å². The van der Waals surface area contributed by atoms with E-state index in [1.54, 1.807) is 24.3 Å². The number of fused-ring (bicyclic) bond motifs is 3. The van der Waals surface area contributed by atoms with E-state index in [0.29, 0.717) is 35.8 Å². The molecule has 2 aliphatic rings. The Morgan fingerprint density at radius 1 is 1.10 bits per heavy atom. The summed E-state index contributed by atoms with van der Waals surface area (Å²) in [5.41, 5.74) is 9.97. The fourth-order valence-electron chi connectivity index (χ4n) is 6.22. The molecule has 1 saturated carbocycles. The molecule has 0 radical (unpaired) electrons. The highest BCUT2D eigenvalue weighted by Gasteiger charge is 2.54. The third kappa shape index (κ3) is 8.14. The van der Waals surface area contributed by atoms with Crippen molar-refractivity contribution in [2.24, 2.45) is 17.1 Å². The Morgan fingerprint density at radius 2 is 1.77 bits per heavy atom. The van der Waals surface area contributed by atoms with Crippen LogP contribution in [0, 0.1) is 11.3 Å². The topological polar surface area (TPSA) is 81.9 Å². The summed E-state index contributed by atoms with van der Waals surface area (Å²) in [6, 6.07) is 13.8. The zero-order valence-corrected chi connectivity index (χ0v) is 26.4. The van der Waals surface area contributed by atoms with E-state index in [1.165, 1.54) is 23.1 Å². The van der Waals surface area contributed by atoms with Crippen LogP contribution in [0.4, 0.5) is 0 Å². The average Bonchev–Trinajstić information content (AvgIpc) is 2.88. The van der Waals surface area contributed by atoms with Crippen LogP contribution in [-0.2, 0) is 26.2 Å². The predicted octanol–water partition coefficient (Wildman–Crippen LogP) is 6.55. The van der Waals surface area contributed by atoms with Crippen LogP contribution in [0.3, 0.4) is 0 Å². The second-order valence-electron chi connectivity index (χ2n) is 12.0. The van der Waals surface area contributed by atoms with Crippen LogP contribution in [0.25, 0.3) is 0 Å². The van der Waals surface area contributed by atoms with E-state index in [2.05, 4.69) is 45.9 Å². The van der Waals surface area contributed by atoms with Gasteiger partial charge in [0.15, 0.2) is 6.61 Å². The maximum atomic E-state index is 12.2. The van der Waals surface area contributed by atoms with Crippen LogP contribution in [0.5, 0.6) is 5.75 Å². The number of esters is 1. The molecule has 3 atom stereocenters. The second-order valence-corrected chi connectivity index (χ2v) is 12.4. The predicted molar refractivity (Wildman–Crippen MR) is 165 cm³/mol. The Hall–Kier alpha value is -2.28. The Labute approximate surface area is 251 Å². The molecule has 6 nitrogen and oxygen atoms in total. The number of benzene rings is 2. The number of amides is 1. The number of likely N-dealkylation sites (N-methyl/N-ethyl adjacent to an activating group) is 1. The van der Waals surface area contributed by atoms with E-state index in [9.17, 15) is 9.59 Å². The van der Waals surface area contributed by atoms with E-state index in [0.717, 1.165) is 25.7 Å². The van der Waals surface area contributed by atoms with Crippen LogP contribution in [0.15, 0.2) is 42.5 Å². The van der Waals surface area contributed by atoms with Crippen molar-refractivity contribution in [3.63, 3.8) is 0 Å². The molecule has 1 fully saturated rings. The fraction of sp³-hybridized carbons (Fsp3) is 0.562. The van der Waals surface area contributed by atoms with Gasteiger partial charge in [-0.25, -0.2) is 4.79 Å². The van der Waals surface area contributed by atoms with E-state index in [1.807, 2.05) is 19.0 Å². The van der Waals surface area contributed by atoms with Crippen molar-refractivity contribution in [3.8, 4) is 5.75 Å². The number of nitrogens with two attached hydrogens (primary N) is 1. The van der Waals surface area contributed by atoms with Gasteiger partial charge in [-0.2, -0.15) is 0 Å². The lowest BCUT2D eigenvalue weighted by Crippen LogP contribution is -2.54.